The minimum absolute atomic E-state index is 0.0976. The average molecular weight is 744 g/mol. The van der Waals surface area contributed by atoms with E-state index in [4.69, 9.17) is 4.74 Å². The first kappa shape index (κ1) is 33.6. The van der Waals surface area contributed by atoms with Crippen LogP contribution in [0.3, 0.4) is 0 Å². The molecule has 262 valence electrons. The van der Waals surface area contributed by atoms with Gasteiger partial charge in [-0.2, -0.15) is 0 Å². The molecule has 16 heteroatoms. The summed E-state index contributed by atoms with van der Waals surface area (Å²) in [5, 5.41) is 17.2. The number of rotatable bonds is 6. The summed E-state index contributed by atoms with van der Waals surface area (Å²) in [6.07, 6.45) is 0. The number of para-hydroxylation sites is 2. The Hall–Kier alpha value is -4.58. The Bertz CT molecular complexity index is 2210. The van der Waals surface area contributed by atoms with E-state index in [0.29, 0.717) is 45.2 Å². The summed E-state index contributed by atoms with van der Waals surface area (Å²) < 4.78 is 33.8. The number of nitro groups is 1. The summed E-state index contributed by atoms with van der Waals surface area (Å²) in [6, 6.07) is 22.1. The Kier molecular flexibility index (Phi) is 8.90. The van der Waals surface area contributed by atoms with Gasteiger partial charge >= 0.3 is 0 Å². The number of anilines is 4. The van der Waals surface area contributed by atoms with Crippen LogP contribution in [0.1, 0.15) is 15.9 Å². The number of nitrogens with zero attached hydrogens (tertiary/aromatic N) is 4. The van der Waals surface area contributed by atoms with Gasteiger partial charge in [-0.15, -0.1) is 0 Å². The molecule has 4 aromatic carbocycles. The average Bonchev–Trinajstić information content (AvgIpc) is 3.14. The van der Waals surface area contributed by atoms with Crippen LogP contribution in [0.5, 0.6) is 0 Å². The molecule has 1 amide bonds. The van der Waals surface area contributed by atoms with E-state index in [1.54, 1.807) is 53.9 Å². The minimum atomic E-state index is -3.64. The van der Waals surface area contributed by atoms with E-state index in [1.807, 2.05) is 41.3 Å². The van der Waals surface area contributed by atoms with Gasteiger partial charge in [0, 0.05) is 69.2 Å². The van der Waals surface area contributed by atoms with E-state index in [1.165, 1.54) is 0 Å². The van der Waals surface area contributed by atoms with Crippen molar-refractivity contribution in [2.45, 2.75) is 24.5 Å². The van der Waals surface area contributed by atoms with E-state index in [-0.39, 0.29) is 21.4 Å². The van der Waals surface area contributed by atoms with Crippen LogP contribution in [-0.2, 0) is 14.8 Å². The van der Waals surface area contributed by atoms with Crippen LogP contribution in [0.4, 0.5) is 28.4 Å². The summed E-state index contributed by atoms with van der Waals surface area (Å²) in [4.78, 5) is 33.5. The number of non-ortho nitro benzene ring substituents is 1. The molecule has 0 aliphatic carbocycles. The Morgan fingerprint density at radius 2 is 1.55 bits per heavy atom. The van der Waals surface area contributed by atoms with E-state index < -0.39 is 10.0 Å². The van der Waals surface area contributed by atoms with Crippen LogP contribution in [0.25, 0.3) is 5.70 Å². The molecule has 1 fully saturated rings. The van der Waals surface area contributed by atoms with Gasteiger partial charge in [0.1, 0.15) is 0 Å². The van der Waals surface area contributed by atoms with Crippen molar-refractivity contribution in [1.29, 1.82) is 0 Å². The molecule has 13 nitrogen and oxygen atoms in total. The fourth-order valence-electron chi connectivity index (χ4n) is 6.65. The largest absolute Gasteiger partial charge is 0.379 e. The second-order valence-corrected chi connectivity index (χ2v) is 16.2. The molecule has 0 bridgehead atoms. The third-order valence-electron chi connectivity index (χ3n) is 9.18. The molecule has 0 radical (unpaired) electrons. The molecule has 0 unspecified atom stereocenters. The van der Waals surface area contributed by atoms with Crippen LogP contribution in [-0.4, -0.2) is 76.9 Å². The molecule has 0 aromatic heterocycles. The maximum atomic E-state index is 12.9. The molecule has 0 atom stereocenters. The highest BCUT2D eigenvalue weighted by molar-refractivity contribution is 8.00. The summed E-state index contributed by atoms with van der Waals surface area (Å²) in [6.45, 7) is 8.92. The van der Waals surface area contributed by atoms with Crippen molar-refractivity contribution < 1.29 is 22.9 Å². The molecular formula is C35H33N7O6S3. The number of carbonyl (C=O) groups excluding carboxylic acids is 1. The highest BCUT2D eigenvalue weighted by atomic mass is 32.2. The molecule has 5 aliphatic heterocycles. The van der Waals surface area contributed by atoms with Crippen molar-refractivity contribution in [2.24, 2.45) is 0 Å². The molecule has 9 rings (SSSR count). The van der Waals surface area contributed by atoms with Gasteiger partial charge < -0.3 is 25.2 Å². The van der Waals surface area contributed by atoms with Crippen LogP contribution in [0, 0.1) is 10.1 Å². The molecule has 3 N–H and O–H groups in total. The maximum absolute atomic E-state index is 12.9. The van der Waals surface area contributed by atoms with Gasteiger partial charge in [0.15, 0.2) is 0 Å². The number of hydrogen-bond donors (Lipinski definition) is 3. The number of sulfonamides is 1. The Labute approximate surface area is 303 Å². The Morgan fingerprint density at radius 1 is 0.843 bits per heavy atom. The van der Waals surface area contributed by atoms with Crippen LogP contribution >= 0.6 is 23.5 Å². The molecule has 51 heavy (non-hydrogen) atoms. The predicted octanol–water partition coefficient (Wildman–Crippen LogP) is 5.33. The van der Waals surface area contributed by atoms with Gasteiger partial charge in [-0.3, -0.25) is 19.8 Å². The number of benzene rings is 4. The SMILES string of the molecule is C=C1NCN2c3ccccc3Sc3cc([N+](=O)[O-])cc1c32.O=C1NCN2c3cc(S(=O)(=O)NCCN4CCOCC4)ccc3Sc3cccc1c32. The van der Waals surface area contributed by atoms with E-state index in [0.717, 1.165) is 66.7 Å². The number of morpholine rings is 1. The summed E-state index contributed by atoms with van der Waals surface area (Å²) in [5.41, 5.74) is 5.98. The second kappa shape index (κ2) is 13.5. The summed E-state index contributed by atoms with van der Waals surface area (Å²) in [5.74, 6) is -0.110. The van der Waals surface area contributed by atoms with Gasteiger partial charge in [0.25, 0.3) is 11.6 Å². The van der Waals surface area contributed by atoms with Gasteiger partial charge in [0.2, 0.25) is 10.0 Å². The van der Waals surface area contributed by atoms with E-state index in [2.05, 4.69) is 37.8 Å². The maximum Gasteiger partial charge on any atom is 0.271 e. The normalized spacial score (nSPS) is 17.1. The highest BCUT2D eigenvalue weighted by Gasteiger charge is 2.34. The Morgan fingerprint density at radius 3 is 2.37 bits per heavy atom. The molecular weight excluding hydrogens is 711 g/mol. The zero-order valence-corrected chi connectivity index (χ0v) is 29.7. The first-order chi connectivity index (χ1) is 24.7. The van der Waals surface area contributed by atoms with Crippen LogP contribution in [0.15, 0.2) is 104 Å². The quantitative estimate of drug-likeness (QED) is 0.173. The lowest BCUT2D eigenvalue weighted by Crippen LogP contribution is -2.42. The topological polar surface area (TPSA) is 149 Å². The van der Waals surface area contributed by atoms with Crippen molar-refractivity contribution in [2.75, 3.05) is 62.5 Å². The number of nitrogens with one attached hydrogen (secondary N) is 3. The number of hydrogen-bond acceptors (Lipinski definition) is 12. The minimum Gasteiger partial charge on any atom is -0.379 e. The predicted molar refractivity (Wildman–Crippen MR) is 197 cm³/mol. The zero-order valence-electron chi connectivity index (χ0n) is 27.3. The molecule has 5 heterocycles. The number of nitro benzene ring substituents is 1. The van der Waals surface area contributed by atoms with Crippen molar-refractivity contribution in [3.63, 3.8) is 0 Å². The van der Waals surface area contributed by atoms with Crippen molar-refractivity contribution in [3.05, 3.63) is 101 Å². The lowest BCUT2D eigenvalue weighted by atomic mass is 10.0. The number of amides is 1. The van der Waals surface area contributed by atoms with Gasteiger partial charge in [-0.25, -0.2) is 13.1 Å². The van der Waals surface area contributed by atoms with Crippen molar-refractivity contribution in [1.82, 2.24) is 20.3 Å². The highest BCUT2D eigenvalue weighted by Crippen LogP contribution is 2.53. The smallest absolute Gasteiger partial charge is 0.271 e. The Balaban J connectivity index is 0.000000156. The van der Waals surface area contributed by atoms with Crippen molar-refractivity contribution in [3.8, 4) is 0 Å². The third-order valence-corrected chi connectivity index (χ3v) is 12.8. The van der Waals surface area contributed by atoms with Crippen molar-refractivity contribution >= 4 is 73.6 Å². The summed E-state index contributed by atoms with van der Waals surface area (Å²) >= 11 is 3.12. The lowest BCUT2D eigenvalue weighted by Gasteiger charge is -2.38. The number of ether oxygens (including phenoxy) is 1. The van der Waals surface area contributed by atoms with Gasteiger partial charge in [-0.1, -0.05) is 48.3 Å². The first-order valence-electron chi connectivity index (χ1n) is 16.3. The lowest BCUT2D eigenvalue weighted by molar-refractivity contribution is -0.385. The van der Waals surface area contributed by atoms with Gasteiger partial charge in [0.05, 0.1) is 64.7 Å². The second-order valence-electron chi connectivity index (χ2n) is 12.2. The molecule has 0 saturated carbocycles. The number of fused-ring (bicyclic) bond motifs is 4. The molecule has 4 aromatic rings. The summed E-state index contributed by atoms with van der Waals surface area (Å²) in [7, 11) is -3.64. The zero-order chi connectivity index (χ0) is 35.3. The molecule has 0 spiro atoms. The van der Waals surface area contributed by atoms with Gasteiger partial charge in [-0.05, 0) is 42.5 Å². The fourth-order valence-corrected chi connectivity index (χ4v) is 9.96. The third kappa shape index (κ3) is 6.32. The monoisotopic (exact) mass is 743 g/mol. The van der Waals surface area contributed by atoms with Crippen LogP contribution in [0.2, 0.25) is 0 Å². The number of carbonyl (C=O) groups is 1. The molecule has 5 aliphatic rings. The molecule has 1 saturated heterocycles. The van der Waals surface area contributed by atoms with Crippen LogP contribution < -0.4 is 25.2 Å². The van der Waals surface area contributed by atoms with E-state index >= 15 is 0 Å². The standard InChI is InChI=1S/C20H22N4O4S2.C15H11N3O2S/c25-20-15-2-1-3-18-19(15)24(13-21-20)16-12-14(4-5-17(16)29-18)30(26,27)22-6-7-23-8-10-28-11-9-23;1-9-11-6-10(18(19)20)7-14-15(11)17(8-16-9)12-4-2-3-5-13(12)21-14/h1-5,12,22H,6-11,13H2,(H,21,25);2-7,16H,1,8H2. The fraction of sp³-hybridized carbons (Fsp3) is 0.229. The van der Waals surface area contributed by atoms with E-state index in [9.17, 15) is 23.3 Å². The first-order valence-corrected chi connectivity index (χ1v) is 19.4.